The molecule has 4 heteroatoms. The molecule has 0 radical (unpaired) electrons. The van der Waals surface area contributed by atoms with Crippen LogP contribution in [-0.2, 0) is 11.4 Å². The lowest BCUT2D eigenvalue weighted by Crippen LogP contribution is -2.28. The Balaban J connectivity index is 1.97. The maximum absolute atomic E-state index is 11.0. The fourth-order valence-electron chi connectivity index (χ4n) is 1.68. The Morgan fingerprint density at radius 2 is 1.68 bits per heavy atom. The lowest BCUT2D eigenvalue weighted by molar-refractivity contribution is -0.119. The number of nitrogens with two attached hydrogens (primary N) is 2. The van der Waals surface area contributed by atoms with Crippen molar-refractivity contribution in [3.63, 3.8) is 0 Å². The van der Waals surface area contributed by atoms with Crippen molar-refractivity contribution in [1.82, 2.24) is 0 Å². The van der Waals surface area contributed by atoms with Gasteiger partial charge in [0.25, 0.3) is 0 Å². The van der Waals surface area contributed by atoms with Gasteiger partial charge in [-0.3, -0.25) is 4.79 Å². The first-order valence-corrected chi connectivity index (χ1v) is 5.98. The van der Waals surface area contributed by atoms with Crippen LogP contribution in [0.1, 0.15) is 17.2 Å². The van der Waals surface area contributed by atoms with Crippen molar-refractivity contribution in [3.05, 3.63) is 65.7 Å². The molecule has 0 fully saturated rings. The molecule has 98 valence electrons. The van der Waals surface area contributed by atoms with Gasteiger partial charge in [0.05, 0.1) is 0 Å². The Morgan fingerprint density at radius 1 is 1.05 bits per heavy atom. The van der Waals surface area contributed by atoms with Crippen molar-refractivity contribution in [1.29, 1.82) is 0 Å². The summed E-state index contributed by atoms with van der Waals surface area (Å²) in [6.07, 6.45) is 0. The molecule has 0 heterocycles. The highest BCUT2D eigenvalue weighted by Crippen LogP contribution is 2.17. The number of ether oxygens (including phenoxy) is 1. The first-order valence-electron chi connectivity index (χ1n) is 5.98. The minimum atomic E-state index is -0.775. The summed E-state index contributed by atoms with van der Waals surface area (Å²) in [7, 11) is 0. The van der Waals surface area contributed by atoms with Crippen molar-refractivity contribution in [3.8, 4) is 5.75 Å². The van der Waals surface area contributed by atoms with Crippen LogP contribution in [0.25, 0.3) is 0 Å². The normalized spacial score (nSPS) is 11.8. The van der Waals surface area contributed by atoms with Gasteiger partial charge in [-0.15, -0.1) is 0 Å². The van der Waals surface area contributed by atoms with Crippen molar-refractivity contribution in [2.75, 3.05) is 0 Å². The van der Waals surface area contributed by atoms with Gasteiger partial charge in [0.2, 0.25) is 5.91 Å². The van der Waals surface area contributed by atoms with Gasteiger partial charge in [-0.2, -0.15) is 0 Å². The molecule has 0 saturated heterocycles. The van der Waals surface area contributed by atoms with Gasteiger partial charge in [-0.1, -0.05) is 42.5 Å². The zero-order chi connectivity index (χ0) is 13.7. The summed E-state index contributed by atoms with van der Waals surface area (Å²) in [6.45, 7) is 0.502. The maximum atomic E-state index is 11.0. The molecule has 0 aromatic heterocycles. The van der Waals surface area contributed by atoms with Crippen LogP contribution in [0.2, 0.25) is 0 Å². The van der Waals surface area contributed by atoms with E-state index in [4.69, 9.17) is 16.2 Å². The minimum Gasteiger partial charge on any atom is -0.489 e. The van der Waals surface area contributed by atoms with Gasteiger partial charge in [-0.25, -0.2) is 0 Å². The number of primary amides is 1. The SMILES string of the molecule is NC(=O)C(N)c1ccc(OCc2ccccc2)cc1. The van der Waals surface area contributed by atoms with Crippen molar-refractivity contribution >= 4 is 5.91 Å². The smallest absolute Gasteiger partial charge is 0.238 e. The van der Waals surface area contributed by atoms with Gasteiger partial charge < -0.3 is 16.2 Å². The molecule has 0 aliphatic carbocycles. The highest BCUT2D eigenvalue weighted by molar-refractivity contribution is 5.81. The van der Waals surface area contributed by atoms with Crippen LogP contribution in [0.3, 0.4) is 0 Å². The second-order valence-corrected chi connectivity index (χ2v) is 4.22. The molecule has 0 spiro atoms. The summed E-state index contributed by atoms with van der Waals surface area (Å²) in [5.41, 5.74) is 12.6. The summed E-state index contributed by atoms with van der Waals surface area (Å²) >= 11 is 0. The zero-order valence-corrected chi connectivity index (χ0v) is 10.5. The second-order valence-electron chi connectivity index (χ2n) is 4.22. The molecule has 4 N–H and O–H groups in total. The third-order valence-electron chi connectivity index (χ3n) is 2.79. The topological polar surface area (TPSA) is 78.3 Å². The largest absolute Gasteiger partial charge is 0.489 e. The van der Waals surface area contributed by atoms with E-state index in [1.54, 1.807) is 24.3 Å². The van der Waals surface area contributed by atoms with E-state index < -0.39 is 11.9 Å². The molecule has 1 unspecified atom stereocenters. The summed E-state index contributed by atoms with van der Waals surface area (Å²) in [5.74, 6) is 0.183. The molecule has 1 atom stereocenters. The Labute approximate surface area is 112 Å². The fraction of sp³-hybridized carbons (Fsp3) is 0.133. The van der Waals surface area contributed by atoms with Crippen LogP contribution in [0.15, 0.2) is 54.6 Å². The Hall–Kier alpha value is -2.33. The average molecular weight is 256 g/mol. The second kappa shape index (κ2) is 6.02. The van der Waals surface area contributed by atoms with Gasteiger partial charge >= 0.3 is 0 Å². The van der Waals surface area contributed by atoms with E-state index >= 15 is 0 Å². The third-order valence-corrected chi connectivity index (χ3v) is 2.79. The molecule has 2 aromatic carbocycles. The third kappa shape index (κ3) is 3.56. The van der Waals surface area contributed by atoms with Crippen LogP contribution in [0.4, 0.5) is 0 Å². The molecule has 0 aliphatic heterocycles. The van der Waals surface area contributed by atoms with E-state index in [-0.39, 0.29) is 0 Å². The zero-order valence-electron chi connectivity index (χ0n) is 10.5. The molecule has 2 rings (SSSR count). The lowest BCUT2D eigenvalue weighted by Gasteiger charge is -2.10. The molecule has 4 nitrogen and oxygen atoms in total. The minimum absolute atomic E-state index is 0.502. The van der Waals surface area contributed by atoms with E-state index in [0.29, 0.717) is 12.2 Å². The van der Waals surface area contributed by atoms with Crippen LogP contribution in [0, 0.1) is 0 Å². The van der Waals surface area contributed by atoms with Gasteiger partial charge in [0.1, 0.15) is 18.4 Å². The Bertz CT molecular complexity index is 538. The Kier molecular flexibility index (Phi) is 4.15. The number of rotatable bonds is 5. The predicted octanol–water partition coefficient (Wildman–Crippen LogP) is 1.75. The predicted molar refractivity (Wildman–Crippen MR) is 73.3 cm³/mol. The number of hydrogen-bond acceptors (Lipinski definition) is 3. The summed E-state index contributed by atoms with van der Waals surface area (Å²) in [4.78, 5) is 11.0. The van der Waals surface area contributed by atoms with E-state index in [2.05, 4.69) is 0 Å². The summed E-state index contributed by atoms with van der Waals surface area (Å²) in [5, 5.41) is 0. The van der Waals surface area contributed by atoms with Crippen molar-refractivity contribution < 1.29 is 9.53 Å². The van der Waals surface area contributed by atoms with Crippen LogP contribution in [-0.4, -0.2) is 5.91 Å². The van der Waals surface area contributed by atoms with Crippen LogP contribution >= 0.6 is 0 Å². The number of hydrogen-bond donors (Lipinski definition) is 2. The quantitative estimate of drug-likeness (QED) is 0.855. The van der Waals surface area contributed by atoms with E-state index in [9.17, 15) is 4.79 Å². The van der Waals surface area contributed by atoms with E-state index in [0.717, 1.165) is 11.3 Å². The monoisotopic (exact) mass is 256 g/mol. The lowest BCUT2D eigenvalue weighted by atomic mass is 10.1. The standard InChI is InChI=1S/C15H16N2O2/c16-14(15(17)18)12-6-8-13(9-7-12)19-10-11-4-2-1-3-5-11/h1-9,14H,10,16H2,(H2,17,18). The number of benzene rings is 2. The summed E-state index contributed by atoms with van der Waals surface area (Å²) < 4.78 is 5.63. The molecule has 2 aromatic rings. The summed E-state index contributed by atoms with van der Waals surface area (Å²) in [6, 6.07) is 16.2. The van der Waals surface area contributed by atoms with Gasteiger partial charge in [-0.05, 0) is 23.3 Å². The molecule has 19 heavy (non-hydrogen) atoms. The number of carbonyl (C=O) groups is 1. The average Bonchev–Trinajstić information content (AvgIpc) is 2.46. The molecule has 1 amide bonds. The number of carbonyl (C=O) groups excluding carboxylic acids is 1. The van der Waals surface area contributed by atoms with Crippen LogP contribution in [0.5, 0.6) is 5.75 Å². The first kappa shape index (κ1) is 13.1. The van der Waals surface area contributed by atoms with Crippen molar-refractivity contribution in [2.45, 2.75) is 12.6 Å². The van der Waals surface area contributed by atoms with Crippen LogP contribution < -0.4 is 16.2 Å². The molecule has 0 saturated carbocycles. The molecular weight excluding hydrogens is 240 g/mol. The maximum Gasteiger partial charge on any atom is 0.238 e. The first-order chi connectivity index (χ1) is 9.16. The fourth-order valence-corrected chi connectivity index (χ4v) is 1.68. The van der Waals surface area contributed by atoms with E-state index in [1.807, 2.05) is 30.3 Å². The molecule has 0 aliphatic rings. The Morgan fingerprint density at radius 3 is 2.26 bits per heavy atom. The van der Waals surface area contributed by atoms with Crippen molar-refractivity contribution in [2.24, 2.45) is 11.5 Å². The highest BCUT2D eigenvalue weighted by atomic mass is 16.5. The number of amides is 1. The van der Waals surface area contributed by atoms with Gasteiger partial charge in [0, 0.05) is 0 Å². The molecule has 0 bridgehead atoms. The molecular formula is C15H16N2O2. The van der Waals surface area contributed by atoms with E-state index in [1.165, 1.54) is 0 Å². The highest BCUT2D eigenvalue weighted by Gasteiger charge is 2.11. The van der Waals surface area contributed by atoms with Gasteiger partial charge in [0.15, 0.2) is 0 Å².